The fraction of sp³-hybridized carbons (Fsp3) is 0.154. The lowest BCUT2D eigenvalue weighted by Crippen LogP contribution is -2.05. The Labute approximate surface area is 104 Å². The molecule has 18 heavy (non-hydrogen) atoms. The van der Waals surface area contributed by atoms with E-state index in [1.807, 2.05) is 35.8 Å². The number of nitrogen functional groups attached to an aromatic ring is 1. The van der Waals surface area contributed by atoms with E-state index >= 15 is 0 Å². The van der Waals surface area contributed by atoms with Crippen molar-refractivity contribution in [3.63, 3.8) is 0 Å². The standard InChI is InChI=1S/C13H13N5/c1-9-2-3-11-12(16-9)18(13(14)17-11)8-10-4-6-15-7-5-10/h2-7H,8H2,1H3,(H2,14,17). The summed E-state index contributed by atoms with van der Waals surface area (Å²) in [6.45, 7) is 2.61. The van der Waals surface area contributed by atoms with Gasteiger partial charge in [0.25, 0.3) is 0 Å². The van der Waals surface area contributed by atoms with E-state index < -0.39 is 0 Å². The molecule has 2 N–H and O–H groups in total. The van der Waals surface area contributed by atoms with Crippen LogP contribution in [-0.4, -0.2) is 19.5 Å². The maximum absolute atomic E-state index is 5.95. The summed E-state index contributed by atoms with van der Waals surface area (Å²) >= 11 is 0. The number of nitrogens with zero attached hydrogens (tertiary/aromatic N) is 4. The van der Waals surface area contributed by atoms with Crippen LogP contribution in [0.3, 0.4) is 0 Å². The Morgan fingerprint density at radius 3 is 2.67 bits per heavy atom. The predicted molar refractivity (Wildman–Crippen MR) is 70.0 cm³/mol. The monoisotopic (exact) mass is 239 g/mol. The first-order chi connectivity index (χ1) is 8.74. The van der Waals surface area contributed by atoms with Crippen molar-refractivity contribution in [3.05, 3.63) is 47.9 Å². The van der Waals surface area contributed by atoms with Crippen LogP contribution in [0.2, 0.25) is 0 Å². The van der Waals surface area contributed by atoms with Crippen LogP contribution in [0.25, 0.3) is 11.2 Å². The molecule has 0 radical (unpaired) electrons. The summed E-state index contributed by atoms with van der Waals surface area (Å²) in [6.07, 6.45) is 3.53. The molecular formula is C13H13N5. The van der Waals surface area contributed by atoms with Gasteiger partial charge in [0.15, 0.2) is 5.65 Å². The molecule has 0 amide bonds. The molecule has 0 aliphatic heterocycles. The Morgan fingerprint density at radius 2 is 1.89 bits per heavy atom. The molecule has 3 aromatic rings. The van der Waals surface area contributed by atoms with Crippen LogP contribution in [0.1, 0.15) is 11.3 Å². The fourth-order valence-corrected chi connectivity index (χ4v) is 1.94. The molecule has 0 saturated heterocycles. The third-order valence-electron chi connectivity index (χ3n) is 2.85. The Morgan fingerprint density at radius 1 is 1.11 bits per heavy atom. The van der Waals surface area contributed by atoms with Gasteiger partial charge in [-0.05, 0) is 36.8 Å². The normalized spacial score (nSPS) is 10.9. The lowest BCUT2D eigenvalue weighted by Gasteiger charge is -2.05. The molecule has 0 saturated carbocycles. The van der Waals surface area contributed by atoms with Gasteiger partial charge in [-0.3, -0.25) is 9.55 Å². The van der Waals surface area contributed by atoms with Crippen LogP contribution >= 0.6 is 0 Å². The molecule has 5 heteroatoms. The zero-order valence-corrected chi connectivity index (χ0v) is 10.0. The van der Waals surface area contributed by atoms with Crippen molar-refractivity contribution < 1.29 is 0 Å². The lowest BCUT2D eigenvalue weighted by atomic mass is 10.2. The molecule has 0 atom stereocenters. The van der Waals surface area contributed by atoms with Crippen LogP contribution in [0.15, 0.2) is 36.7 Å². The summed E-state index contributed by atoms with van der Waals surface area (Å²) < 4.78 is 1.91. The van der Waals surface area contributed by atoms with Crippen molar-refractivity contribution in [2.24, 2.45) is 0 Å². The van der Waals surface area contributed by atoms with E-state index in [1.54, 1.807) is 12.4 Å². The van der Waals surface area contributed by atoms with E-state index in [-0.39, 0.29) is 0 Å². The first kappa shape index (κ1) is 10.7. The highest BCUT2D eigenvalue weighted by Crippen LogP contribution is 2.17. The maximum Gasteiger partial charge on any atom is 0.202 e. The quantitative estimate of drug-likeness (QED) is 0.739. The molecule has 0 aliphatic carbocycles. The van der Waals surface area contributed by atoms with Gasteiger partial charge in [0.1, 0.15) is 5.52 Å². The highest BCUT2D eigenvalue weighted by molar-refractivity contribution is 5.74. The Bertz CT molecular complexity index is 687. The molecule has 5 nitrogen and oxygen atoms in total. The van der Waals surface area contributed by atoms with E-state index in [0.717, 1.165) is 22.4 Å². The number of imidazole rings is 1. The van der Waals surface area contributed by atoms with E-state index in [2.05, 4.69) is 15.0 Å². The Hall–Kier alpha value is -2.43. The van der Waals surface area contributed by atoms with Crippen molar-refractivity contribution in [3.8, 4) is 0 Å². The van der Waals surface area contributed by atoms with Crippen molar-refractivity contribution >= 4 is 17.1 Å². The minimum Gasteiger partial charge on any atom is -0.369 e. The second-order valence-electron chi connectivity index (χ2n) is 4.21. The molecular weight excluding hydrogens is 226 g/mol. The van der Waals surface area contributed by atoms with E-state index in [4.69, 9.17) is 5.73 Å². The van der Waals surface area contributed by atoms with Gasteiger partial charge in [-0.1, -0.05) is 0 Å². The van der Waals surface area contributed by atoms with Crippen LogP contribution in [0.4, 0.5) is 5.95 Å². The van der Waals surface area contributed by atoms with Crippen molar-refractivity contribution in [2.45, 2.75) is 13.5 Å². The average Bonchev–Trinajstić information content (AvgIpc) is 2.67. The molecule has 3 rings (SSSR count). The molecule has 3 heterocycles. The van der Waals surface area contributed by atoms with Gasteiger partial charge >= 0.3 is 0 Å². The number of anilines is 1. The third-order valence-corrected chi connectivity index (χ3v) is 2.85. The fourth-order valence-electron chi connectivity index (χ4n) is 1.94. The number of pyridine rings is 2. The minimum atomic E-state index is 0.486. The van der Waals surface area contributed by atoms with E-state index in [9.17, 15) is 0 Å². The van der Waals surface area contributed by atoms with Gasteiger partial charge in [0.05, 0.1) is 6.54 Å². The molecule has 0 aliphatic rings. The molecule has 90 valence electrons. The zero-order chi connectivity index (χ0) is 12.5. The SMILES string of the molecule is Cc1ccc2nc(N)n(Cc3ccncc3)c2n1. The minimum absolute atomic E-state index is 0.486. The van der Waals surface area contributed by atoms with Crippen molar-refractivity contribution in [1.82, 2.24) is 19.5 Å². The van der Waals surface area contributed by atoms with Gasteiger partial charge in [-0.2, -0.15) is 0 Å². The summed E-state index contributed by atoms with van der Waals surface area (Å²) in [6, 6.07) is 7.80. The molecule has 0 aromatic carbocycles. The van der Waals surface area contributed by atoms with Gasteiger partial charge in [-0.25, -0.2) is 9.97 Å². The van der Waals surface area contributed by atoms with Gasteiger partial charge in [0.2, 0.25) is 5.95 Å². The van der Waals surface area contributed by atoms with Crippen LogP contribution in [0.5, 0.6) is 0 Å². The number of fused-ring (bicyclic) bond motifs is 1. The molecule has 0 fully saturated rings. The summed E-state index contributed by atoms with van der Waals surface area (Å²) in [5, 5.41) is 0. The van der Waals surface area contributed by atoms with E-state index in [0.29, 0.717) is 12.5 Å². The molecule has 0 spiro atoms. The first-order valence-electron chi connectivity index (χ1n) is 5.72. The van der Waals surface area contributed by atoms with Crippen molar-refractivity contribution in [1.29, 1.82) is 0 Å². The average molecular weight is 239 g/mol. The number of rotatable bonds is 2. The van der Waals surface area contributed by atoms with Crippen LogP contribution in [-0.2, 0) is 6.54 Å². The molecule has 3 aromatic heterocycles. The maximum atomic E-state index is 5.95. The topological polar surface area (TPSA) is 69.6 Å². The smallest absolute Gasteiger partial charge is 0.202 e. The lowest BCUT2D eigenvalue weighted by molar-refractivity contribution is 0.824. The summed E-state index contributed by atoms with van der Waals surface area (Å²) in [5.74, 6) is 0.486. The van der Waals surface area contributed by atoms with Gasteiger partial charge in [-0.15, -0.1) is 0 Å². The Balaban J connectivity index is 2.11. The summed E-state index contributed by atoms with van der Waals surface area (Å²) in [7, 11) is 0. The highest BCUT2D eigenvalue weighted by Gasteiger charge is 2.09. The number of hydrogen-bond donors (Lipinski definition) is 1. The van der Waals surface area contributed by atoms with E-state index in [1.165, 1.54) is 0 Å². The van der Waals surface area contributed by atoms with Crippen molar-refractivity contribution in [2.75, 3.05) is 5.73 Å². The Kier molecular flexibility index (Phi) is 2.44. The number of aromatic nitrogens is 4. The summed E-state index contributed by atoms with van der Waals surface area (Å²) in [4.78, 5) is 12.8. The summed E-state index contributed by atoms with van der Waals surface area (Å²) in [5.41, 5.74) is 9.68. The zero-order valence-electron chi connectivity index (χ0n) is 10.0. The van der Waals surface area contributed by atoms with Crippen LogP contribution in [0, 0.1) is 6.92 Å². The first-order valence-corrected chi connectivity index (χ1v) is 5.72. The van der Waals surface area contributed by atoms with Crippen LogP contribution < -0.4 is 5.73 Å². The van der Waals surface area contributed by atoms with Gasteiger partial charge in [0, 0.05) is 18.1 Å². The second-order valence-corrected chi connectivity index (χ2v) is 4.21. The highest BCUT2D eigenvalue weighted by atomic mass is 15.2. The number of aryl methyl sites for hydroxylation is 1. The molecule has 0 bridgehead atoms. The predicted octanol–water partition coefficient (Wildman–Crippen LogP) is 1.77. The second kappa shape index (κ2) is 4.10. The molecule has 0 unspecified atom stereocenters. The van der Waals surface area contributed by atoms with Gasteiger partial charge < -0.3 is 5.73 Å². The third kappa shape index (κ3) is 1.79. The number of hydrogen-bond acceptors (Lipinski definition) is 4. The number of nitrogens with two attached hydrogens (primary N) is 1. The largest absolute Gasteiger partial charge is 0.369 e.